The summed E-state index contributed by atoms with van der Waals surface area (Å²) in [6.45, 7) is 1.71. The molecule has 1 aromatic carbocycles. The number of hydrogen-bond acceptors (Lipinski definition) is 4. The SMILES string of the molecule is CC(OC(=O)c1ccc(O)cc1)C(=O)C12CC3CC(CC(C3)C1)C2. The van der Waals surface area contributed by atoms with Gasteiger partial charge in [-0.25, -0.2) is 4.79 Å². The third-order valence-corrected chi connectivity index (χ3v) is 6.32. The van der Waals surface area contributed by atoms with Crippen molar-refractivity contribution in [3.05, 3.63) is 29.8 Å². The van der Waals surface area contributed by atoms with E-state index in [-0.39, 0.29) is 16.9 Å². The molecule has 0 heterocycles. The van der Waals surface area contributed by atoms with E-state index in [0.717, 1.165) is 19.3 Å². The summed E-state index contributed by atoms with van der Waals surface area (Å²) in [5.74, 6) is 1.80. The Labute approximate surface area is 142 Å². The third kappa shape index (κ3) is 2.62. The number of esters is 1. The lowest BCUT2D eigenvalue weighted by molar-refractivity contribution is -0.152. The van der Waals surface area contributed by atoms with Crippen molar-refractivity contribution in [1.82, 2.24) is 0 Å². The van der Waals surface area contributed by atoms with E-state index < -0.39 is 12.1 Å². The minimum Gasteiger partial charge on any atom is -0.508 e. The zero-order valence-corrected chi connectivity index (χ0v) is 14.0. The number of ketones is 1. The predicted molar refractivity (Wildman–Crippen MR) is 88.6 cm³/mol. The van der Waals surface area contributed by atoms with Crippen molar-refractivity contribution < 1.29 is 19.4 Å². The van der Waals surface area contributed by atoms with Crippen molar-refractivity contribution in [2.24, 2.45) is 23.2 Å². The number of rotatable bonds is 4. The molecule has 1 aromatic rings. The lowest BCUT2D eigenvalue weighted by Gasteiger charge is -2.56. The van der Waals surface area contributed by atoms with E-state index in [1.807, 2.05) is 0 Å². The zero-order valence-electron chi connectivity index (χ0n) is 14.0. The molecule has 5 rings (SSSR count). The second-order valence-electron chi connectivity index (χ2n) is 8.16. The highest BCUT2D eigenvalue weighted by Crippen LogP contribution is 2.60. The summed E-state index contributed by atoms with van der Waals surface area (Å²) in [4.78, 5) is 25.3. The van der Waals surface area contributed by atoms with Gasteiger partial charge in [-0.2, -0.15) is 0 Å². The van der Waals surface area contributed by atoms with Crippen molar-refractivity contribution in [2.75, 3.05) is 0 Å². The van der Waals surface area contributed by atoms with Crippen LogP contribution in [0, 0.1) is 23.2 Å². The van der Waals surface area contributed by atoms with Crippen LogP contribution in [0.3, 0.4) is 0 Å². The van der Waals surface area contributed by atoms with E-state index in [1.165, 1.54) is 43.5 Å². The molecular weight excluding hydrogens is 304 g/mol. The van der Waals surface area contributed by atoms with Gasteiger partial charge in [0.1, 0.15) is 5.75 Å². The second-order valence-corrected chi connectivity index (χ2v) is 8.16. The van der Waals surface area contributed by atoms with Gasteiger partial charge in [-0.05, 0) is 87.5 Å². The van der Waals surface area contributed by atoms with E-state index in [9.17, 15) is 14.7 Å². The molecule has 128 valence electrons. The normalized spacial score (nSPS) is 34.8. The maximum Gasteiger partial charge on any atom is 0.338 e. The van der Waals surface area contributed by atoms with E-state index in [1.54, 1.807) is 6.92 Å². The van der Waals surface area contributed by atoms with Crippen LogP contribution in [0.4, 0.5) is 0 Å². The molecule has 4 bridgehead atoms. The number of phenols is 1. The molecule has 0 radical (unpaired) electrons. The fraction of sp³-hybridized carbons (Fsp3) is 0.600. The molecule has 4 fully saturated rings. The van der Waals surface area contributed by atoms with Crippen molar-refractivity contribution in [3.8, 4) is 5.75 Å². The molecule has 4 aliphatic carbocycles. The standard InChI is InChI=1S/C20H24O4/c1-12(24-19(23)16-2-4-17(21)5-3-16)18(22)20-9-13-6-14(10-20)8-15(7-13)11-20/h2-5,12-15,21H,6-11H2,1H3. The molecule has 1 atom stereocenters. The molecule has 0 amide bonds. The molecule has 24 heavy (non-hydrogen) atoms. The molecule has 0 saturated heterocycles. The van der Waals surface area contributed by atoms with Gasteiger partial charge in [-0.15, -0.1) is 0 Å². The predicted octanol–water partition coefficient (Wildman–Crippen LogP) is 3.72. The summed E-state index contributed by atoms with van der Waals surface area (Å²) < 4.78 is 5.46. The number of phenolic OH excluding ortho intramolecular Hbond substituents is 1. The Kier molecular flexibility index (Phi) is 3.66. The number of hydrogen-bond donors (Lipinski definition) is 1. The summed E-state index contributed by atoms with van der Waals surface area (Å²) in [5, 5.41) is 9.30. The number of aromatic hydroxyl groups is 1. The molecule has 4 saturated carbocycles. The first-order valence-electron chi connectivity index (χ1n) is 8.99. The second kappa shape index (κ2) is 5.61. The van der Waals surface area contributed by atoms with Crippen molar-refractivity contribution >= 4 is 11.8 Å². The first-order valence-corrected chi connectivity index (χ1v) is 8.99. The fourth-order valence-corrected chi connectivity index (χ4v) is 5.72. The van der Waals surface area contributed by atoms with Crippen LogP contribution in [-0.4, -0.2) is 23.0 Å². The summed E-state index contributed by atoms with van der Waals surface area (Å²) in [5.41, 5.74) is 0.113. The van der Waals surface area contributed by atoms with Gasteiger partial charge in [0.2, 0.25) is 0 Å². The molecule has 0 aliphatic heterocycles. The van der Waals surface area contributed by atoms with Gasteiger partial charge in [-0.3, -0.25) is 4.79 Å². The Morgan fingerprint density at radius 2 is 1.54 bits per heavy atom. The van der Waals surface area contributed by atoms with Crippen LogP contribution in [0.25, 0.3) is 0 Å². The smallest absolute Gasteiger partial charge is 0.338 e. The average molecular weight is 328 g/mol. The third-order valence-electron chi connectivity index (χ3n) is 6.32. The molecule has 0 aromatic heterocycles. The molecule has 4 nitrogen and oxygen atoms in total. The number of ether oxygens (including phenoxy) is 1. The number of benzene rings is 1. The summed E-state index contributed by atoms with van der Waals surface area (Å²) in [6, 6.07) is 5.92. The summed E-state index contributed by atoms with van der Waals surface area (Å²) >= 11 is 0. The topological polar surface area (TPSA) is 63.6 Å². The van der Waals surface area contributed by atoms with E-state index in [4.69, 9.17) is 4.74 Å². The van der Waals surface area contributed by atoms with Gasteiger partial charge in [0.25, 0.3) is 0 Å². The Morgan fingerprint density at radius 1 is 1.04 bits per heavy atom. The lowest BCUT2D eigenvalue weighted by atomic mass is 9.48. The molecule has 1 unspecified atom stereocenters. The van der Waals surface area contributed by atoms with Crippen LogP contribution in [0.5, 0.6) is 5.75 Å². The van der Waals surface area contributed by atoms with Crippen LogP contribution in [0.15, 0.2) is 24.3 Å². The Hall–Kier alpha value is -1.84. The van der Waals surface area contributed by atoms with Crippen LogP contribution in [-0.2, 0) is 9.53 Å². The van der Waals surface area contributed by atoms with Gasteiger partial charge in [-0.1, -0.05) is 0 Å². The number of carbonyl (C=O) groups is 2. The molecule has 4 heteroatoms. The van der Waals surface area contributed by atoms with Gasteiger partial charge >= 0.3 is 5.97 Å². The molecular formula is C20H24O4. The maximum absolute atomic E-state index is 13.1. The minimum atomic E-state index is -0.706. The molecule has 0 spiro atoms. The zero-order chi connectivity index (χ0) is 16.9. The fourth-order valence-electron chi connectivity index (χ4n) is 5.72. The largest absolute Gasteiger partial charge is 0.508 e. The van der Waals surface area contributed by atoms with Gasteiger partial charge in [0, 0.05) is 5.41 Å². The number of Topliss-reactive ketones (excluding diaryl/α,β-unsaturated/α-hetero) is 1. The highest BCUT2D eigenvalue weighted by atomic mass is 16.5. The minimum absolute atomic E-state index is 0.101. The van der Waals surface area contributed by atoms with Crippen molar-refractivity contribution in [3.63, 3.8) is 0 Å². The summed E-state index contributed by atoms with van der Waals surface area (Å²) in [6.07, 6.45) is 6.11. The first-order chi connectivity index (χ1) is 11.4. The van der Waals surface area contributed by atoms with Crippen LogP contribution in [0.2, 0.25) is 0 Å². The Bertz CT molecular complexity index is 625. The monoisotopic (exact) mass is 328 g/mol. The number of carbonyl (C=O) groups excluding carboxylic acids is 2. The quantitative estimate of drug-likeness (QED) is 0.856. The van der Waals surface area contributed by atoms with Crippen LogP contribution in [0.1, 0.15) is 55.8 Å². The Morgan fingerprint density at radius 3 is 2.04 bits per heavy atom. The van der Waals surface area contributed by atoms with Crippen molar-refractivity contribution in [1.29, 1.82) is 0 Å². The summed E-state index contributed by atoms with van der Waals surface area (Å²) in [7, 11) is 0. The highest BCUT2D eigenvalue weighted by molar-refractivity contribution is 5.94. The van der Waals surface area contributed by atoms with Gasteiger partial charge < -0.3 is 9.84 Å². The molecule has 4 aliphatic rings. The maximum atomic E-state index is 13.1. The Balaban J connectivity index is 1.46. The van der Waals surface area contributed by atoms with Crippen LogP contribution < -0.4 is 0 Å². The van der Waals surface area contributed by atoms with E-state index in [0.29, 0.717) is 23.3 Å². The van der Waals surface area contributed by atoms with Gasteiger partial charge in [0.05, 0.1) is 5.56 Å². The highest BCUT2D eigenvalue weighted by Gasteiger charge is 2.55. The molecule has 1 N–H and O–H groups in total. The lowest BCUT2D eigenvalue weighted by Crippen LogP contribution is -2.52. The van der Waals surface area contributed by atoms with E-state index >= 15 is 0 Å². The van der Waals surface area contributed by atoms with Crippen LogP contribution >= 0.6 is 0 Å². The van der Waals surface area contributed by atoms with E-state index in [2.05, 4.69) is 0 Å². The van der Waals surface area contributed by atoms with Crippen molar-refractivity contribution in [2.45, 2.75) is 51.6 Å². The average Bonchev–Trinajstić information content (AvgIpc) is 2.53. The first kappa shape index (κ1) is 15.7. The van der Waals surface area contributed by atoms with Gasteiger partial charge in [0.15, 0.2) is 11.9 Å².